The van der Waals surface area contributed by atoms with Crippen molar-refractivity contribution < 1.29 is 31.1 Å². The quantitative estimate of drug-likeness (QED) is 0.146. The summed E-state index contributed by atoms with van der Waals surface area (Å²) < 4.78 is 84.9. The van der Waals surface area contributed by atoms with Gasteiger partial charge in [-0.1, -0.05) is 84.5 Å². The fourth-order valence-corrected chi connectivity index (χ4v) is 10.5. The number of likely N-dealkylation sites (tertiary alicyclic amines) is 1. The molecule has 20 heteroatoms. The zero-order valence-electron chi connectivity index (χ0n) is 36.9. The fraction of sp³-hybridized carbons (Fsp3) is 0.426. The minimum atomic E-state index is -4.70. The Bertz CT molecular complexity index is 2930. The molecule has 0 saturated carbocycles. The summed E-state index contributed by atoms with van der Waals surface area (Å²) in [5, 5.41) is 9.25. The maximum atomic E-state index is 13.9. The second-order valence-electron chi connectivity index (χ2n) is 17.6. The lowest BCUT2D eigenvalue weighted by Crippen LogP contribution is -2.42. The molecule has 6 aromatic rings. The summed E-state index contributed by atoms with van der Waals surface area (Å²) in [6, 6.07) is 9.46. The van der Waals surface area contributed by atoms with Crippen LogP contribution in [0.15, 0.2) is 60.9 Å². The lowest BCUT2D eigenvalue weighted by molar-refractivity contribution is -0.141. The van der Waals surface area contributed by atoms with Crippen molar-refractivity contribution in [1.82, 2.24) is 44.4 Å². The third kappa shape index (κ3) is 9.97. The van der Waals surface area contributed by atoms with E-state index >= 15 is 0 Å². The summed E-state index contributed by atoms with van der Waals surface area (Å²) in [5.74, 6) is 0.346. The predicted molar refractivity (Wildman–Crippen MR) is 248 cm³/mol. The van der Waals surface area contributed by atoms with Crippen LogP contribution in [0.2, 0.25) is 20.1 Å². The van der Waals surface area contributed by atoms with Crippen LogP contribution < -0.4 is 0 Å². The smallest absolute Gasteiger partial charge is 0.299 e. The minimum absolute atomic E-state index is 0.00575. The third-order valence-corrected chi connectivity index (χ3v) is 14.1. The first-order chi connectivity index (χ1) is 31.6. The van der Waals surface area contributed by atoms with Gasteiger partial charge in [-0.15, -0.1) is 0 Å². The number of Topliss-reactive ketones (excluding diaryl/α,β-unsaturated/α-hetero) is 1. The van der Waals surface area contributed by atoms with E-state index in [4.69, 9.17) is 46.4 Å². The van der Waals surface area contributed by atoms with Crippen LogP contribution in [-0.4, -0.2) is 68.8 Å². The highest BCUT2D eigenvalue weighted by molar-refractivity contribution is 6.35. The van der Waals surface area contributed by atoms with Crippen LogP contribution in [0.3, 0.4) is 0 Å². The topological polar surface area (TPSA) is 108 Å². The number of hydrogen-bond acceptors (Lipinski definition) is 8. The van der Waals surface area contributed by atoms with Gasteiger partial charge in [0.15, 0.2) is 22.7 Å². The van der Waals surface area contributed by atoms with E-state index in [0.29, 0.717) is 67.0 Å². The van der Waals surface area contributed by atoms with E-state index in [1.54, 1.807) is 50.3 Å². The highest BCUT2D eigenvalue weighted by atomic mass is 35.5. The number of nitrogens with zero attached hydrogens (tertiary/aromatic N) is 9. The summed E-state index contributed by atoms with van der Waals surface area (Å²) in [4.78, 5) is 31.8. The third-order valence-electron chi connectivity index (χ3n) is 13.0. The van der Waals surface area contributed by atoms with Crippen molar-refractivity contribution in [3.05, 3.63) is 115 Å². The Balaban J connectivity index is 0.000000184. The molecule has 354 valence electrons. The van der Waals surface area contributed by atoms with Gasteiger partial charge in [0, 0.05) is 44.5 Å². The van der Waals surface area contributed by atoms with E-state index in [1.807, 2.05) is 6.92 Å². The number of benzene rings is 2. The number of hydrogen-bond donors (Lipinski definition) is 0. The molecule has 5 heterocycles. The molecule has 9 rings (SSSR count). The van der Waals surface area contributed by atoms with Crippen LogP contribution in [0.5, 0.6) is 0 Å². The van der Waals surface area contributed by atoms with Crippen molar-refractivity contribution in [1.29, 1.82) is 0 Å². The first-order valence-corrected chi connectivity index (χ1v) is 23.3. The number of ketones is 1. The van der Waals surface area contributed by atoms with E-state index in [1.165, 1.54) is 40.7 Å². The molecule has 67 heavy (non-hydrogen) atoms. The lowest BCUT2D eigenvalue weighted by atomic mass is 9.83. The molecule has 0 amide bonds. The monoisotopic (exact) mass is 1010 g/mol. The maximum absolute atomic E-state index is 13.9. The molecule has 0 radical (unpaired) electrons. The normalized spacial score (nSPS) is 21.6. The Kier molecular flexibility index (Phi) is 13.9. The molecule has 0 N–H and O–H groups in total. The highest BCUT2D eigenvalue weighted by Gasteiger charge is 2.41. The number of allylic oxidation sites excluding steroid dienone is 3. The van der Waals surface area contributed by atoms with Crippen LogP contribution in [0, 0.1) is 11.8 Å². The van der Waals surface area contributed by atoms with Crippen LogP contribution in [0.4, 0.5) is 26.3 Å². The van der Waals surface area contributed by atoms with Gasteiger partial charge in [-0.2, -0.15) is 36.5 Å². The molecule has 1 fully saturated rings. The Labute approximate surface area is 402 Å². The van der Waals surface area contributed by atoms with Gasteiger partial charge in [-0.3, -0.25) is 9.69 Å². The SMILES string of the molecule is CC1CC(c2cnc3c(C(F)(F)F)nn([C@H](C)c4ccc(Cl)cc4Cl)c3n2)=CCC1=O.CC1CC(c2cnc3c(C(F)(F)F)nn([C@H](C)c4ccc(Cl)cc4Cl)c3n2)=CCC1N1CCC[C@H]1C. The van der Waals surface area contributed by atoms with Gasteiger partial charge in [0.2, 0.25) is 0 Å². The summed E-state index contributed by atoms with van der Waals surface area (Å²) in [6.07, 6.45) is 2.18. The van der Waals surface area contributed by atoms with E-state index < -0.39 is 35.8 Å². The number of carbonyl (C=O) groups is 1. The maximum Gasteiger partial charge on any atom is 0.437 e. The number of aromatic nitrogens is 8. The van der Waals surface area contributed by atoms with Gasteiger partial charge in [-0.05, 0) is 112 Å². The highest BCUT2D eigenvalue weighted by Crippen LogP contribution is 2.41. The number of alkyl halides is 6. The molecule has 3 aliphatic rings. The zero-order valence-corrected chi connectivity index (χ0v) is 39.9. The van der Waals surface area contributed by atoms with Crippen LogP contribution in [0.25, 0.3) is 33.5 Å². The fourth-order valence-electron chi connectivity index (χ4n) is 9.33. The molecule has 4 aromatic heterocycles. The second-order valence-corrected chi connectivity index (χ2v) is 19.3. The molecule has 1 aliphatic heterocycles. The molecule has 2 aliphatic carbocycles. The number of fused-ring (bicyclic) bond motifs is 2. The van der Waals surface area contributed by atoms with Gasteiger partial charge in [0.05, 0.1) is 35.9 Å². The molecule has 0 spiro atoms. The van der Waals surface area contributed by atoms with Gasteiger partial charge >= 0.3 is 12.4 Å². The van der Waals surface area contributed by atoms with Gasteiger partial charge in [-0.25, -0.2) is 29.3 Å². The number of halogens is 10. The molecule has 6 atom stereocenters. The second kappa shape index (κ2) is 19.1. The van der Waals surface area contributed by atoms with Crippen LogP contribution in [-0.2, 0) is 17.1 Å². The Morgan fingerprint density at radius 2 is 1.19 bits per heavy atom. The molecule has 3 unspecified atom stereocenters. The van der Waals surface area contributed by atoms with E-state index in [0.717, 1.165) is 30.5 Å². The summed E-state index contributed by atoms with van der Waals surface area (Å²) in [7, 11) is 0. The standard InChI is InChI=1S/C26H28Cl2F3N5.C21H17Cl2F3N4O/c1-14-11-17(6-9-22(14)35-10-4-5-15(35)2)21-13-32-23-24(26(29,30)31)34-36(25(23)33-21)16(3)19-8-7-18(27)12-20(19)28;1-10-7-12(3-6-17(10)31)16-9-27-18-19(21(24,25)26)29-30(20(18)28-16)11(2)14-5-4-13(22)8-15(14)23/h6-8,12-16,22H,4-5,9-11H2,1-3H3;3-5,8-11H,6-7H2,1-2H3/t14?,15-,16-,22?;10?,11-/m11/s1. The van der Waals surface area contributed by atoms with E-state index in [-0.39, 0.29) is 40.4 Å². The Morgan fingerprint density at radius 3 is 1.61 bits per heavy atom. The first-order valence-electron chi connectivity index (χ1n) is 21.8. The molecule has 0 bridgehead atoms. The van der Waals surface area contributed by atoms with Crippen molar-refractivity contribution in [3.8, 4) is 0 Å². The summed E-state index contributed by atoms with van der Waals surface area (Å²) >= 11 is 24.6. The van der Waals surface area contributed by atoms with E-state index in [2.05, 4.69) is 55.0 Å². The Hall–Kier alpha value is -4.61. The molecule has 1 saturated heterocycles. The predicted octanol–water partition coefficient (Wildman–Crippen LogP) is 13.6. The summed E-state index contributed by atoms with van der Waals surface area (Å²) in [5.41, 5.74) is 1.26. The molecule has 2 aromatic carbocycles. The largest absolute Gasteiger partial charge is 0.437 e. The van der Waals surface area contributed by atoms with Crippen molar-refractivity contribution in [2.75, 3.05) is 6.54 Å². The molecular weight excluding hydrogens is 962 g/mol. The average molecular weight is 1010 g/mol. The van der Waals surface area contributed by atoms with Crippen molar-refractivity contribution in [2.45, 2.75) is 110 Å². The minimum Gasteiger partial charge on any atom is -0.299 e. The molecular formula is C47H45Cl4F6N9O. The van der Waals surface area contributed by atoms with Crippen LogP contribution >= 0.6 is 46.4 Å². The van der Waals surface area contributed by atoms with Gasteiger partial charge < -0.3 is 0 Å². The number of rotatable bonds is 7. The van der Waals surface area contributed by atoms with Gasteiger partial charge in [0.1, 0.15) is 16.8 Å². The zero-order chi connectivity index (χ0) is 48.3. The number of carbonyl (C=O) groups excluding carboxylic acids is 1. The van der Waals surface area contributed by atoms with Crippen molar-refractivity contribution in [2.24, 2.45) is 11.8 Å². The Morgan fingerprint density at radius 1 is 0.701 bits per heavy atom. The lowest BCUT2D eigenvalue weighted by Gasteiger charge is -2.38. The van der Waals surface area contributed by atoms with Crippen molar-refractivity contribution in [3.63, 3.8) is 0 Å². The van der Waals surface area contributed by atoms with Crippen LogP contribution in [0.1, 0.15) is 119 Å². The summed E-state index contributed by atoms with van der Waals surface area (Å²) in [6.45, 7) is 10.9. The van der Waals surface area contributed by atoms with Crippen molar-refractivity contribution >= 4 is 85.7 Å². The van der Waals surface area contributed by atoms with Gasteiger partial charge in [0.25, 0.3) is 0 Å². The van der Waals surface area contributed by atoms with E-state index in [9.17, 15) is 31.1 Å². The molecule has 10 nitrogen and oxygen atoms in total. The first kappa shape index (κ1) is 48.8. The average Bonchev–Trinajstić information content (AvgIpc) is 3.99.